The second kappa shape index (κ2) is 3.46. The fraction of sp³-hybridized carbons (Fsp3) is 0.286. The monoisotopic (exact) mass is 223 g/mol. The van der Waals surface area contributed by atoms with E-state index in [0.717, 1.165) is 29.7 Å². The maximum Gasteiger partial charge on any atom is 0.0823 e. The van der Waals surface area contributed by atoms with Gasteiger partial charge in [0.25, 0.3) is 0 Å². The zero-order chi connectivity index (χ0) is 11.9. The first-order valence-electron chi connectivity index (χ1n) is 5.75. The summed E-state index contributed by atoms with van der Waals surface area (Å²) in [5.41, 5.74) is 3.19. The van der Waals surface area contributed by atoms with Crippen molar-refractivity contribution in [1.82, 2.24) is 9.78 Å². The van der Waals surface area contributed by atoms with Gasteiger partial charge in [-0.3, -0.25) is 4.68 Å². The van der Waals surface area contributed by atoms with E-state index in [4.69, 9.17) is 5.26 Å². The number of nitrogens with zero attached hydrogens (tertiary/aromatic N) is 3. The quantitative estimate of drug-likeness (QED) is 0.785. The number of benzene rings is 1. The lowest BCUT2D eigenvalue weighted by atomic mass is 9.96. The van der Waals surface area contributed by atoms with Crippen LogP contribution in [0.2, 0.25) is 0 Å². The predicted octanol–water partition coefficient (Wildman–Crippen LogP) is 2.64. The summed E-state index contributed by atoms with van der Waals surface area (Å²) in [6.45, 7) is 0. The Morgan fingerprint density at radius 2 is 1.94 bits per heavy atom. The maximum atomic E-state index is 9.14. The molecule has 0 radical (unpaired) electrons. The zero-order valence-corrected chi connectivity index (χ0v) is 9.72. The molecule has 0 bridgehead atoms. The van der Waals surface area contributed by atoms with Crippen LogP contribution in [0.5, 0.6) is 0 Å². The van der Waals surface area contributed by atoms with Gasteiger partial charge in [-0.1, -0.05) is 24.3 Å². The van der Waals surface area contributed by atoms with Gasteiger partial charge in [0.15, 0.2) is 0 Å². The maximum absolute atomic E-state index is 9.14. The first kappa shape index (κ1) is 10.1. The van der Waals surface area contributed by atoms with Crippen molar-refractivity contribution in [2.75, 3.05) is 0 Å². The molecule has 1 aliphatic rings. The van der Waals surface area contributed by atoms with Crippen molar-refractivity contribution >= 4 is 0 Å². The van der Waals surface area contributed by atoms with Crippen LogP contribution in [-0.2, 0) is 12.5 Å². The van der Waals surface area contributed by atoms with Gasteiger partial charge < -0.3 is 0 Å². The molecule has 0 unspecified atom stereocenters. The Morgan fingerprint density at radius 1 is 1.24 bits per heavy atom. The largest absolute Gasteiger partial charge is 0.268 e. The molecule has 3 rings (SSSR count). The molecule has 0 aliphatic heterocycles. The summed E-state index contributed by atoms with van der Waals surface area (Å²) in [4.78, 5) is 0. The Balaban J connectivity index is 1.97. The van der Waals surface area contributed by atoms with E-state index in [1.165, 1.54) is 0 Å². The average Bonchev–Trinajstić information content (AvgIpc) is 3.06. The number of hydrogen-bond acceptors (Lipinski definition) is 2. The molecule has 0 N–H and O–H groups in total. The standard InChI is InChI=1S/C14H13N3/c1-17-13(6-9-16-17)11-2-4-12(5-3-11)14(10-15)7-8-14/h2-6,9H,7-8H2,1H3. The van der Waals surface area contributed by atoms with Crippen molar-refractivity contribution < 1.29 is 0 Å². The highest BCUT2D eigenvalue weighted by molar-refractivity contribution is 5.60. The molecule has 1 aliphatic carbocycles. The first-order valence-corrected chi connectivity index (χ1v) is 5.75. The van der Waals surface area contributed by atoms with E-state index in [-0.39, 0.29) is 5.41 Å². The summed E-state index contributed by atoms with van der Waals surface area (Å²) in [5, 5.41) is 13.3. The molecule has 3 heteroatoms. The SMILES string of the molecule is Cn1nccc1-c1ccc(C2(C#N)CC2)cc1. The molecule has 0 saturated heterocycles. The molecule has 1 fully saturated rings. The van der Waals surface area contributed by atoms with E-state index in [2.05, 4.69) is 35.4 Å². The predicted molar refractivity (Wildman–Crippen MR) is 65.2 cm³/mol. The minimum Gasteiger partial charge on any atom is -0.268 e. The van der Waals surface area contributed by atoms with E-state index in [1.807, 2.05) is 17.8 Å². The normalized spacial score (nSPS) is 16.5. The Morgan fingerprint density at radius 3 is 2.41 bits per heavy atom. The van der Waals surface area contributed by atoms with E-state index in [1.54, 1.807) is 6.20 Å². The Bertz CT molecular complexity index is 583. The molecule has 17 heavy (non-hydrogen) atoms. The van der Waals surface area contributed by atoms with Crippen molar-refractivity contribution in [3.63, 3.8) is 0 Å². The third-order valence-electron chi connectivity index (χ3n) is 3.52. The van der Waals surface area contributed by atoms with E-state index in [9.17, 15) is 0 Å². The van der Waals surface area contributed by atoms with Gasteiger partial charge >= 0.3 is 0 Å². The highest BCUT2D eigenvalue weighted by Crippen LogP contribution is 2.47. The van der Waals surface area contributed by atoms with Crippen molar-refractivity contribution in [2.45, 2.75) is 18.3 Å². The molecule has 3 nitrogen and oxygen atoms in total. The first-order chi connectivity index (χ1) is 8.25. The Labute approximate surface area is 100 Å². The van der Waals surface area contributed by atoms with Crippen molar-refractivity contribution in [1.29, 1.82) is 5.26 Å². The molecule has 1 heterocycles. The summed E-state index contributed by atoms with van der Waals surface area (Å²) in [6, 6.07) is 12.7. The summed E-state index contributed by atoms with van der Waals surface area (Å²) in [6.07, 6.45) is 3.78. The van der Waals surface area contributed by atoms with Gasteiger partial charge in [0.05, 0.1) is 17.2 Å². The molecule has 1 saturated carbocycles. The van der Waals surface area contributed by atoms with Crippen molar-refractivity contribution in [2.24, 2.45) is 7.05 Å². The second-order valence-electron chi connectivity index (χ2n) is 4.61. The molecule has 0 atom stereocenters. The zero-order valence-electron chi connectivity index (χ0n) is 9.72. The molecule has 84 valence electrons. The summed E-state index contributed by atoms with van der Waals surface area (Å²) < 4.78 is 1.85. The average molecular weight is 223 g/mol. The molecular formula is C14H13N3. The van der Waals surface area contributed by atoms with Crippen LogP contribution in [0.25, 0.3) is 11.3 Å². The number of nitriles is 1. The van der Waals surface area contributed by atoms with Gasteiger partial charge in [-0.05, 0) is 30.0 Å². The van der Waals surface area contributed by atoms with E-state index >= 15 is 0 Å². The van der Waals surface area contributed by atoms with Gasteiger partial charge in [0, 0.05) is 13.2 Å². The Kier molecular flexibility index (Phi) is 2.05. The van der Waals surface area contributed by atoms with Crippen LogP contribution < -0.4 is 0 Å². The van der Waals surface area contributed by atoms with Crippen LogP contribution in [0.1, 0.15) is 18.4 Å². The number of aryl methyl sites for hydroxylation is 1. The van der Waals surface area contributed by atoms with Gasteiger partial charge in [0.1, 0.15) is 0 Å². The van der Waals surface area contributed by atoms with Gasteiger partial charge in [-0.2, -0.15) is 10.4 Å². The lowest BCUT2D eigenvalue weighted by molar-refractivity contribution is 0.775. The minimum atomic E-state index is -0.189. The van der Waals surface area contributed by atoms with Gasteiger partial charge in [-0.15, -0.1) is 0 Å². The fourth-order valence-electron chi connectivity index (χ4n) is 2.21. The molecule has 0 spiro atoms. The number of hydrogen-bond donors (Lipinski definition) is 0. The highest BCUT2D eigenvalue weighted by Gasteiger charge is 2.44. The van der Waals surface area contributed by atoms with E-state index in [0.29, 0.717) is 0 Å². The third kappa shape index (κ3) is 1.53. The highest BCUT2D eigenvalue weighted by atomic mass is 15.2. The molecular weight excluding hydrogens is 210 g/mol. The van der Waals surface area contributed by atoms with Crippen LogP contribution in [0, 0.1) is 11.3 Å². The second-order valence-corrected chi connectivity index (χ2v) is 4.61. The molecule has 2 aromatic rings. The lowest BCUT2D eigenvalue weighted by Gasteiger charge is -2.07. The minimum absolute atomic E-state index is 0.189. The molecule has 1 aromatic carbocycles. The van der Waals surface area contributed by atoms with Crippen LogP contribution in [-0.4, -0.2) is 9.78 Å². The van der Waals surface area contributed by atoms with E-state index < -0.39 is 0 Å². The smallest absolute Gasteiger partial charge is 0.0823 e. The lowest BCUT2D eigenvalue weighted by Crippen LogP contribution is -2.02. The number of rotatable bonds is 2. The summed E-state index contributed by atoms with van der Waals surface area (Å²) in [7, 11) is 1.93. The van der Waals surface area contributed by atoms with Crippen molar-refractivity contribution in [3.05, 3.63) is 42.1 Å². The van der Waals surface area contributed by atoms with Crippen LogP contribution in [0.3, 0.4) is 0 Å². The van der Waals surface area contributed by atoms with Gasteiger partial charge in [0.2, 0.25) is 0 Å². The Hall–Kier alpha value is -2.08. The van der Waals surface area contributed by atoms with Crippen LogP contribution in [0.15, 0.2) is 36.5 Å². The van der Waals surface area contributed by atoms with Crippen molar-refractivity contribution in [3.8, 4) is 17.3 Å². The molecule has 1 aromatic heterocycles. The van der Waals surface area contributed by atoms with Crippen LogP contribution in [0.4, 0.5) is 0 Å². The van der Waals surface area contributed by atoms with Gasteiger partial charge in [-0.25, -0.2) is 0 Å². The van der Waals surface area contributed by atoms with Crippen LogP contribution >= 0.6 is 0 Å². The fourth-order valence-corrected chi connectivity index (χ4v) is 2.21. The topological polar surface area (TPSA) is 41.6 Å². The number of aromatic nitrogens is 2. The summed E-state index contributed by atoms with van der Waals surface area (Å²) in [5.74, 6) is 0. The third-order valence-corrected chi connectivity index (χ3v) is 3.52. The summed E-state index contributed by atoms with van der Waals surface area (Å²) >= 11 is 0. The molecule has 0 amide bonds.